The van der Waals surface area contributed by atoms with Crippen LogP contribution in [0.1, 0.15) is 54.1 Å². The predicted octanol–water partition coefficient (Wildman–Crippen LogP) is 4.34. The van der Waals surface area contributed by atoms with Gasteiger partial charge in [-0.1, -0.05) is 37.3 Å². The Bertz CT molecular complexity index is 999. The second kappa shape index (κ2) is 8.99. The number of hydrogen-bond acceptors (Lipinski definition) is 3. The van der Waals surface area contributed by atoms with Crippen LogP contribution in [0.2, 0.25) is 0 Å². The predicted molar refractivity (Wildman–Crippen MR) is 120 cm³/mol. The van der Waals surface area contributed by atoms with Gasteiger partial charge in [0.15, 0.2) is 0 Å². The largest absolute Gasteiger partial charge is 0.347 e. The molecule has 0 aromatic heterocycles. The van der Waals surface area contributed by atoms with Gasteiger partial charge >= 0.3 is 0 Å². The number of sulfonamides is 1. The molecule has 2 aromatic carbocycles. The molecule has 1 amide bonds. The first-order chi connectivity index (χ1) is 13.5. The van der Waals surface area contributed by atoms with Crippen LogP contribution in [0.15, 0.2) is 36.4 Å². The highest BCUT2D eigenvalue weighted by molar-refractivity contribution is 7.92. The Hall–Kier alpha value is -2.34. The summed E-state index contributed by atoms with van der Waals surface area (Å²) in [5.41, 5.74) is 5.66. The summed E-state index contributed by atoms with van der Waals surface area (Å²) in [5.74, 6) is -0.318. The highest BCUT2D eigenvalue weighted by atomic mass is 32.2. The third-order valence-electron chi connectivity index (χ3n) is 5.35. The average molecular weight is 417 g/mol. The van der Waals surface area contributed by atoms with E-state index in [4.69, 9.17) is 0 Å². The van der Waals surface area contributed by atoms with Gasteiger partial charge in [0.05, 0.1) is 18.0 Å². The second-order valence-corrected chi connectivity index (χ2v) is 9.70. The molecule has 0 fully saturated rings. The molecule has 29 heavy (non-hydrogen) atoms. The van der Waals surface area contributed by atoms with E-state index in [1.54, 1.807) is 13.0 Å². The Morgan fingerprint density at radius 3 is 2.17 bits per heavy atom. The van der Waals surface area contributed by atoms with Crippen molar-refractivity contribution < 1.29 is 13.2 Å². The maximum atomic E-state index is 13.1. The lowest BCUT2D eigenvalue weighted by molar-refractivity contribution is -0.122. The summed E-state index contributed by atoms with van der Waals surface area (Å²) in [4.78, 5) is 13.1. The standard InChI is InChI=1S/C23H32N2O3S/c1-8-21(20-12-11-16(3)18(5)14-20)24-23(26)19(6)25(29(7,27)28)22-13-15(2)9-10-17(22)4/h9-14,19,21H,8H2,1-7H3,(H,24,26)/t19-,21+/m0/s1. The minimum Gasteiger partial charge on any atom is -0.347 e. The number of carbonyl (C=O) groups is 1. The molecule has 0 saturated carbocycles. The molecule has 158 valence electrons. The van der Waals surface area contributed by atoms with E-state index in [0.717, 1.165) is 28.5 Å². The van der Waals surface area contributed by atoms with Crippen LogP contribution in [-0.4, -0.2) is 26.6 Å². The van der Waals surface area contributed by atoms with Crippen molar-refractivity contribution in [3.05, 3.63) is 64.2 Å². The number of nitrogens with zero attached hydrogens (tertiary/aromatic N) is 1. The molecule has 0 saturated heterocycles. The molecule has 2 aromatic rings. The maximum absolute atomic E-state index is 13.1. The van der Waals surface area contributed by atoms with E-state index >= 15 is 0 Å². The average Bonchev–Trinajstić information content (AvgIpc) is 2.63. The molecule has 0 bridgehead atoms. The zero-order valence-corrected chi connectivity index (χ0v) is 19.2. The van der Waals surface area contributed by atoms with Crippen LogP contribution in [0.3, 0.4) is 0 Å². The van der Waals surface area contributed by atoms with Crippen molar-refractivity contribution in [3.8, 4) is 0 Å². The molecule has 0 radical (unpaired) electrons. The first-order valence-corrected chi connectivity index (χ1v) is 11.7. The summed E-state index contributed by atoms with van der Waals surface area (Å²) in [5, 5.41) is 3.04. The smallest absolute Gasteiger partial charge is 0.244 e. The molecule has 5 nitrogen and oxygen atoms in total. The Kier molecular flexibility index (Phi) is 7.11. The molecule has 2 atom stereocenters. The monoisotopic (exact) mass is 416 g/mol. The number of nitrogens with one attached hydrogen (secondary N) is 1. The van der Waals surface area contributed by atoms with Gasteiger partial charge in [0, 0.05) is 0 Å². The summed E-state index contributed by atoms with van der Waals surface area (Å²) < 4.78 is 26.4. The van der Waals surface area contributed by atoms with E-state index in [2.05, 4.69) is 18.3 Å². The highest BCUT2D eigenvalue weighted by Crippen LogP contribution is 2.27. The van der Waals surface area contributed by atoms with Gasteiger partial charge in [-0.25, -0.2) is 8.42 Å². The number of anilines is 1. The summed E-state index contributed by atoms with van der Waals surface area (Å²) in [6.07, 6.45) is 1.85. The first kappa shape index (κ1) is 22.9. The molecule has 0 aliphatic carbocycles. The van der Waals surface area contributed by atoms with E-state index in [0.29, 0.717) is 12.1 Å². The van der Waals surface area contributed by atoms with E-state index in [9.17, 15) is 13.2 Å². The first-order valence-electron chi connectivity index (χ1n) is 9.89. The quantitative estimate of drug-likeness (QED) is 0.730. The highest BCUT2D eigenvalue weighted by Gasteiger charge is 2.31. The number of aryl methyl sites for hydroxylation is 4. The van der Waals surface area contributed by atoms with Crippen molar-refractivity contribution in [2.75, 3.05) is 10.6 Å². The molecule has 0 aliphatic rings. The topological polar surface area (TPSA) is 66.5 Å². The lowest BCUT2D eigenvalue weighted by Gasteiger charge is -2.31. The third-order valence-corrected chi connectivity index (χ3v) is 6.58. The van der Waals surface area contributed by atoms with Crippen molar-refractivity contribution >= 4 is 21.6 Å². The van der Waals surface area contributed by atoms with E-state index in [1.807, 2.05) is 52.0 Å². The molecule has 0 unspecified atom stereocenters. The molecule has 0 spiro atoms. The van der Waals surface area contributed by atoms with Crippen molar-refractivity contribution in [1.29, 1.82) is 0 Å². The number of amides is 1. The van der Waals surface area contributed by atoms with Gasteiger partial charge in [0.1, 0.15) is 6.04 Å². The van der Waals surface area contributed by atoms with Gasteiger partial charge < -0.3 is 5.32 Å². The summed E-state index contributed by atoms with van der Waals surface area (Å²) in [6, 6.07) is 10.7. The fourth-order valence-corrected chi connectivity index (χ4v) is 4.66. The minimum absolute atomic E-state index is 0.177. The molecule has 0 heterocycles. The van der Waals surface area contributed by atoms with Gasteiger partial charge in [-0.3, -0.25) is 9.10 Å². The van der Waals surface area contributed by atoms with E-state index < -0.39 is 16.1 Å². The van der Waals surface area contributed by atoms with Crippen molar-refractivity contribution in [3.63, 3.8) is 0 Å². The second-order valence-electron chi connectivity index (χ2n) is 7.84. The van der Waals surface area contributed by atoms with Gasteiger partial charge in [-0.2, -0.15) is 0 Å². The Morgan fingerprint density at radius 2 is 1.62 bits per heavy atom. The van der Waals surface area contributed by atoms with Crippen molar-refractivity contribution in [2.45, 2.75) is 60.0 Å². The lowest BCUT2D eigenvalue weighted by atomic mass is 9.99. The van der Waals surface area contributed by atoms with Gasteiger partial charge in [-0.15, -0.1) is 0 Å². The fourth-order valence-electron chi connectivity index (χ4n) is 3.43. The van der Waals surface area contributed by atoms with Gasteiger partial charge in [-0.05, 0) is 74.9 Å². The SMILES string of the molecule is CC[C@@H](NC(=O)[C@H](C)N(c1cc(C)ccc1C)S(C)(=O)=O)c1ccc(C)c(C)c1. The van der Waals surface area contributed by atoms with Gasteiger partial charge in [0.2, 0.25) is 15.9 Å². The van der Waals surface area contributed by atoms with Crippen LogP contribution >= 0.6 is 0 Å². The molecule has 0 aliphatic heterocycles. The summed E-state index contributed by atoms with van der Waals surface area (Å²) in [7, 11) is -3.65. The fraction of sp³-hybridized carbons (Fsp3) is 0.435. The minimum atomic E-state index is -3.65. The Balaban J connectivity index is 2.35. The number of carbonyl (C=O) groups excluding carboxylic acids is 1. The van der Waals surface area contributed by atoms with Crippen LogP contribution in [-0.2, 0) is 14.8 Å². The molecule has 1 N–H and O–H groups in total. The molecular formula is C23H32N2O3S. The van der Waals surface area contributed by atoms with Crippen LogP contribution < -0.4 is 9.62 Å². The molecule has 6 heteroatoms. The van der Waals surface area contributed by atoms with Crippen LogP contribution in [0.4, 0.5) is 5.69 Å². The normalized spacial score (nSPS) is 13.6. The van der Waals surface area contributed by atoms with Crippen LogP contribution in [0.5, 0.6) is 0 Å². The summed E-state index contributed by atoms with van der Waals surface area (Å²) >= 11 is 0. The Labute approximate surface area is 175 Å². The van der Waals surface area contributed by atoms with E-state index in [-0.39, 0.29) is 11.9 Å². The van der Waals surface area contributed by atoms with E-state index in [1.165, 1.54) is 9.87 Å². The lowest BCUT2D eigenvalue weighted by Crippen LogP contribution is -2.48. The summed E-state index contributed by atoms with van der Waals surface area (Å²) in [6.45, 7) is 11.5. The molecule has 2 rings (SSSR count). The van der Waals surface area contributed by atoms with Gasteiger partial charge in [0.25, 0.3) is 0 Å². The third kappa shape index (κ3) is 5.38. The zero-order valence-electron chi connectivity index (χ0n) is 18.4. The number of hydrogen-bond donors (Lipinski definition) is 1. The van der Waals surface area contributed by atoms with Crippen molar-refractivity contribution in [2.24, 2.45) is 0 Å². The maximum Gasteiger partial charge on any atom is 0.244 e. The molecular weight excluding hydrogens is 384 g/mol. The van der Waals surface area contributed by atoms with Crippen LogP contribution in [0.25, 0.3) is 0 Å². The van der Waals surface area contributed by atoms with Crippen molar-refractivity contribution in [1.82, 2.24) is 5.32 Å². The van der Waals surface area contributed by atoms with Crippen LogP contribution in [0, 0.1) is 27.7 Å². The number of benzene rings is 2. The number of rotatable bonds is 7. The zero-order chi connectivity index (χ0) is 21.9. The Morgan fingerprint density at radius 1 is 1.00 bits per heavy atom.